The molecule has 2 aliphatic heterocycles. The summed E-state index contributed by atoms with van der Waals surface area (Å²) >= 11 is 0. The summed E-state index contributed by atoms with van der Waals surface area (Å²) in [6.45, 7) is 10.7. The molecule has 0 aromatic heterocycles. The van der Waals surface area contributed by atoms with E-state index in [1.807, 2.05) is 6.08 Å². The number of ether oxygens (including phenoxy) is 1. The molecular formula is C43H41N2O4+. The van der Waals surface area contributed by atoms with Crippen LogP contribution in [0.4, 0.5) is 11.4 Å². The van der Waals surface area contributed by atoms with Crippen LogP contribution in [0.2, 0.25) is 0 Å². The van der Waals surface area contributed by atoms with Gasteiger partial charge < -0.3 is 14.7 Å². The number of rotatable bonds is 10. The molecule has 6 nitrogen and oxygen atoms in total. The van der Waals surface area contributed by atoms with Crippen molar-refractivity contribution in [1.82, 2.24) is 0 Å². The SMILES string of the molecule is CC1(C)C(/C=C/C=C/C=C2\N(CCOC=O)c3ccc4ccccc4c3C2(C)C)=[N+](CCC(=O)O)c2c1c1ccccc1c1ccccc21. The summed E-state index contributed by atoms with van der Waals surface area (Å²) in [6.07, 6.45) is 10.5. The van der Waals surface area contributed by atoms with Gasteiger partial charge in [0, 0.05) is 28.4 Å². The van der Waals surface area contributed by atoms with Crippen molar-refractivity contribution < 1.29 is 24.0 Å². The van der Waals surface area contributed by atoms with Crippen LogP contribution in [0.1, 0.15) is 45.2 Å². The van der Waals surface area contributed by atoms with E-state index >= 15 is 0 Å². The molecule has 0 unspecified atom stereocenters. The van der Waals surface area contributed by atoms with Gasteiger partial charge in [0.25, 0.3) is 6.47 Å². The first-order valence-corrected chi connectivity index (χ1v) is 16.9. The Hall–Kier alpha value is -5.49. The van der Waals surface area contributed by atoms with Crippen LogP contribution in [0.5, 0.6) is 0 Å². The molecule has 1 N–H and O–H groups in total. The summed E-state index contributed by atoms with van der Waals surface area (Å²) in [5, 5.41) is 16.8. The Morgan fingerprint density at radius 2 is 1.43 bits per heavy atom. The molecule has 0 saturated carbocycles. The Labute approximate surface area is 286 Å². The number of carbonyl (C=O) groups excluding carboxylic acids is 1. The summed E-state index contributed by atoms with van der Waals surface area (Å²) < 4.78 is 7.36. The molecule has 5 aromatic carbocycles. The lowest BCUT2D eigenvalue weighted by molar-refractivity contribution is -0.435. The minimum atomic E-state index is -0.817. The minimum Gasteiger partial charge on any atom is -0.481 e. The molecule has 2 aliphatic rings. The van der Waals surface area contributed by atoms with Crippen LogP contribution in [0, 0.1) is 0 Å². The third-order valence-electron chi connectivity index (χ3n) is 10.3. The number of hydrogen-bond donors (Lipinski definition) is 1. The first-order valence-electron chi connectivity index (χ1n) is 16.9. The van der Waals surface area contributed by atoms with Crippen LogP contribution in [-0.4, -0.2) is 47.5 Å². The lowest BCUT2D eigenvalue weighted by atomic mass is 9.78. The molecule has 7 rings (SSSR count). The Morgan fingerprint density at radius 3 is 2.14 bits per heavy atom. The van der Waals surface area contributed by atoms with Gasteiger partial charge in [0.1, 0.15) is 13.0 Å². The predicted molar refractivity (Wildman–Crippen MR) is 199 cm³/mol. The molecule has 2 heterocycles. The van der Waals surface area contributed by atoms with Crippen LogP contribution in [0.25, 0.3) is 32.3 Å². The van der Waals surface area contributed by atoms with Crippen molar-refractivity contribution in [3.8, 4) is 0 Å². The number of nitrogens with zero attached hydrogens (tertiary/aromatic N) is 2. The molecule has 6 heteroatoms. The summed E-state index contributed by atoms with van der Waals surface area (Å²) in [5.74, 6) is -0.817. The zero-order valence-corrected chi connectivity index (χ0v) is 28.4. The highest BCUT2D eigenvalue weighted by Gasteiger charge is 2.47. The van der Waals surface area contributed by atoms with Crippen molar-refractivity contribution >= 4 is 61.8 Å². The fourth-order valence-electron chi connectivity index (χ4n) is 8.19. The van der Waals surface area contributed by atoms with E-state index in [4.69, 9.17) is 4.74 Å². The number of aliphatic carboxylic acids is 1. The van der Waals surface area contributed by atoms with Gasteiger partial charge >= 0.3 is 5.97 Å². The van der Waals surface area contributed by atoms with Gasteiger partial charge in [-0.25, -0.2) is 0 Å². The molecule has 0 aliphatic carbocycles. The van der Waals surface area contributed by atoms with E-state index in [9.17, 15) is 14.7 Å². The van der Waals surface area contributed by atoms with Gasteiger partial charge in [0.05, 0.1) is 17.3 Å². The fraction of sp³-hybridized carbons (Fsp3) is 0.233. The van der Waals surface area contributed by atoms with Crippen LogP contribution < -0.4 is 4.90 Å². The molecule has 49 heavy (non-hydrogen) atoms. The van der Waals surface area contributed by atoms with Gasteiger partial charge in [-0.15, -0.1) is 0 Å². The van der Waals surface area contributed by atoms with Gasteiger partial charge in [-0.3, -0.25) is 9.59 Å². The van der Waals surface area contributed by atoms with Crippen LogP contribution in [0.15, 0.2) is 121 Å². The highest BCUT2D eigenvalue weighted by Crippen LogP contribution is 2.51. The Balaban J connectivity index is 1.29. The average molecular weight is 650 g/mol. The Bertz CT molecular complexity index is 2270. The third-order valence-corrected chi connectivity index (χ3v) is 10.3. The monoisotopic (exact) mass is 649 g/mol. The number of fused-ring (bicyclic) bond motifs is 9. The summed E-state index contributed by atoms with van der Waals surface area (Å²) in [7, 11) is 0. The number of anilines is 1. The second kappa shape index (κ2) is 12.5. The van der Waals surface area contributed by atoms with Crippen molar-refractivity contribution in [3.63, 3.8) is 0 Å². The molecular weight excluding hydrogens is 608 g/mol. The van der Waals surface area contributed by atoms with Gasteiger partial charge in [-0.2, -0.15) is 4.58 Å². The number of hydrogen-bond acceptors (Lipinski definition) is 4. The molecule has 0 spiro atoms. The Kier molecular flexibility index (Phi) is 8.19. The Morgan fingerprint density at radius 1 is 0.776 bits per heavy atom. The van der Waals surface area contributed by atoms with Crippen molar-refractivity contribution in [3.05, 3.63) is 132 Å². The number of benzene rings is 5. The molecule has 0 radical (unpaired) electrons. The van der Waals surface area contributed by atoms with Crippen LogP contribution in [-0.2, 0) is 25.2 Å². The normalized spacial score (nSPS) is 17.2. The van der Waals surface area contributed by atoms with E-state index in [0.29, 0.717) is 19.6 Å². The quantitative estimate of drug-likeness (QED) is 0.0538. The van der Waals surface area contributed by atoms with Crippen molar-refractivity contribution in [2.24, 2.45) is 0 Å². The third kappa shape index (κ3) is 5.32. The van der Waals surface area contributed by atoms with Crippen LogP contribution >= 0.6 is 0 Å². The first-order chi connectivity index (χ1) is 23.7. The second-order valence-corrected chi connectivity index (χ2v) is 13.8. The summed E-state index contributed by atoms with van der Waals surface area (Å²) in [6, 6.07) is 29.8. The average Bonchev–Trinajstić information content (AvgIpc) is 3.46. The number of carbonyl (C=O) groups is 2. The minimum absolute atomic E-state index is 0.0317. The zero-order chi connectivity index (χ0) is 34.3. The van der Waals surface area contributed by atoms with Gasteiger partial charge in [-0.1, -0.05) is 105 Å². The number of carboxylic acids is 1. The van der Waals surface area contributed by atoms with Crippen molar-refractivity contribution in [2.75, 3.05) is 24.6 Å². The molecule has 0 bridgehead atoms. The molecule has 0 atom stereocenters. The van der Waals surface area contributed by atoms with Crippen molar-refractivity contribution in [2.45, 2.75) is 44.9 Å². The topological polar surface area (TPSA) is 69.8 Å². The second-order valence-electron chi connectivity index (χ2n) is 13.8. The largest absolute Gasteiger partial charge is 0.481 e. The van der Waals surface area contributed by atoms with E-state index < -0.39 is 5.97 Å². The van der Waals surface area contributed by atoms with E-state index in [1.54, 1.807) is 0 Å². The van der Waals surface area contributed by atoms with Gasteiger partial charge in [-0.05, 0) is 64.6 Å². The predicted octanol–water partition coefficient (Wildman–Crippen LogP) is 8.96. The molecule has 0 saturated heterocycles. The molecule has 5 aromatic rings. The lowest BCUT2D eigenvalue weighted by Crippen LogP contribution is -2.29. The maximum Gasteiger partial charge on any atom is 0.309 e. The molecule has 0 amide bonds. The summed E-state index contributed by atoms with van der Waals surface area (Å²) in [5.41, 5.74) is 6.25. The smallest absolute Gasteiger partial charge is 0.309 e. The maximum atomic E-state index is 11.9. The summed E-state index contributed by atoms with van der Waals surface area (Å²) in [4.78, 5) is 25.1. The van der Waals surface area contributed by atoms with Gasteiger partial charge in [0.2, 0.25) is 5.69 Å². The van der Waals surface area contributed by atoms with E-state index in [2.05, 4.69) is 146 Å². The fourth-order valence-corrected chi connectivity index (χ4v) is 8.19. The standard InChI is InChI=1S/C43H40N2O4/c1-42(2)36(44(26-27-49-28-46)35-23-22-29-14-8-9-15-30(29)39(35)42)20-6-5-7-21-37-43(3,4)40-33-18-12-10-16-31(33)32-17-11-13-19-34(32)41(40)45(37)25-24-38(47)48/h5-23,28H,24-27H2,1-4H3/p+1. The van der Waals surface area contributed by atoms with E-state index in [-0.39, 0.29) is 23.9 Å². The van der Waals surface area contributed by atoms with Crippen molar-refractivity contribution in [1.29, 1.82) is 0 Å². The lowest BCUT2D eigenvalue weighted by Gasteiger charge is -2.26. The molecule has 0 fully saturated rings. The maximum absolute atomic E-state index is 11.9. The van der Waals surface area contributed by atoms with Gasteiger partial charge in [0.15, 0.2) is 12.3 Å². The highest BCUT2D eigenvalue weighted by atomic mass is 16.5. The number of carboxylic acid groups (broad SMARTS) is 1. The number of allylic oxidation sites excluding steroid dienone is 6. The highest BCUT2D eigenvalue weighted by molar-refractivity contribution is 6.19. The molecule has 246 valence electrons. The van der Waals surface area contributed by atoms with Crippen LogP contribution in [0.3, 0.4) is 0 Å². The zero-order valence-electron chi connectivity index (χ0n) is 28.4. The van der Waals surface area contributed by atoms with E-state index in [1.165, 1.54) is 38.1 Å². The van der Waals surface area contributed by atoms with E-state index in [0.717, 1.165) is 28.2 Å². The first kappa shape index (κ1) is 32.1.